The summed E-state index contributed by atoms with van der Waals surface area (Å²) in [4.78, 5) is 6.32. The number of nitrogens with zero attached hydrogens (tertiary/aromatic N) is 2. The standard InChI is InChI=1S/C13H17N3O/c1-16(2)8-9-17-12-6-5-11-10(13(12)14)4-3-7-15-11/h3-7H,8-9,14H2,1-2H3. The van der Waals surface area contributed by atoms with Crippen LogP contribution in [0.25, 0.3) is 10.9 Å². The van der Waals surface area contributed by atoms with Crippen molar-refractivity contribution in [2.45, 2.75) is 0 Å². The topological polar surface area (TPSA) is 51.4 Å². The van der Waals surface area contributed by atoms with E-state index in [1.165, 1.54) is 0 Å². The molecule has 2 rings (SSSR count). The Hall–Kier alpha value is -1.81. The third-order valence-corrected chi connectivity index (χ3v) is 2.58. The number of pyridine rings is 1. The molecule has 0 unspecified atom stereocenters. The maximum atomic E-state index is 6.06. The fraction of sp³-hybridized carbons (Fsp3) is 0.308. The summed E-state index contributed by atoms with van der Waals surface area (Å²) in [6.07, 6.45) is 1.76. The number of fused-ring (bicyclic) bond motifs is 1. The summed E-state index contributed by atoms with van der Waals surface area (Å²) in [6, 6.07) is 7.63. The second-order valence-electron chi connectivity index (χ2n) is 4.20. The second kappa shape index (κ2) is 5.01. The molecule has 0 fully saturated rings. The SMILES string of the molecule is CN(C)CCOc1ccc2ncccc2c1N. The summed E-state index contributed by atoms with van der Waals surface area (Å²) in [6.45, 7) is 1.49. The molecule has 0 saturated carbocycles. The highest BCUT2D eigenvalue weighted by Crippen LogP contribution is 2.29. The molecule has 0 bridgehead atoms. The van der Waals surface area contributed by atoms with Gasteiger partial charge in [0.1, 0.15) is 12.4 Å². The second-order valence-corrected chi connectivity index (χ2v) is 4.20. The Labute approximate surface area is 101 Å². The smallest absolute Gasteiger partial charge is 0.143 e. The van der Waals surface area contributed by atoms with Gasteiger partial charge >= 0.3 is 0 Å². The monoisotopic (exact) mass is 231 g/mol. The maximum absolute atomic E-state index is 6.06. The Morgan fingerprint density at radius 3 is 2.88 bits per heavy atom. The first-order valence-corrected chi connectivity index (χ1v) is 5.59. The number of rotatable bonds is 4. The van der Waals surface area contributed by atoms with Gasteiger partial charge in [-0.3, -0.25) is 4.98 Å². The van der Waals surface area contributed by atoms with Crippen LogP contribution in [0.4, 0.5) is 5.69 Å². The van der Waals surface area contributed by atoms with Crippen LogP contribution in [0.1, 0.15) is 0 Å². The quantitative estimate of drug-likeness (QED) is 0.815. The normalized spacial score (nSPS) is 11.0. The minimum absolute atomic E-state index is 0.628. The van der Waals surface area contributed by atoms with Gasteiger partial charge in [0.15, 0.2) is 0 Å². The molecule has 0 atom stereocenters. The van der Waals surface area contributed by atoms with Crippen LogP contribution < -0.4 is 10.5 Å². The van der Waals surface area contributed by atoms with E-state index in [0.717, 1.165) is 23.2 Å². The predicted molar refractivity (Wildman–Crippen MR) is 70.2 cm³/mol. The van der Waals surface area contributed by atoms with Crippen LogP contribution in [0.2, 0.25) is 0 Å². The molecule has 1 aromatic heterocycles. The highest BCUT2D eigenvalue weighted by atomic mass is 16.5. The van der Waals surface area contributed by atoms with Gasteiger partial charge in [-0.25, -0.2) is 0 Å². The van der Waals surface area contributed by atoms with Crippen molar-refractivity contribution in [2.75, 3.05) is 33.0 Å². The van der Waals surface area contributed by atoms with Crippen molar-refractivity contribution in [3.63, 3.8) is 0 Å². The van der Waals surface area contributed by atoms with E-state index in [1.54, 1.807) is 6.20 Å². The molecule has 1 heterocycles. The molecule has 17 heavy (non-hydrogen) atoms. The minimum Gasteiger partial charge on any atom is -0.490 e. The fourth-order valence-electron chi connectivity index (χ4n) is 1.62. The Bertz CT molecular complexity index is 511. The van der Waals surface area contributed by atoms with Crippen molar-refractivity contribution >= 4 is 16.6 Å². The lowest BCUT2D eigenvalue weighted by molar-refractivity contribution is 0.262. The van der Waals surface area contributed by atoms with Crippen molar-refractivity contribution < 1.29 is 4.74 Å². The number of nitrogen functional groups attached to an aromatic ring is 1. The summed E-state index contributed by atoms with van der Waals surface area (Å²) in [5.74, 6) is 0.729. The summed E-state index contributed by atoms with van der Waals surface area (Å²) in [7, 11) is 4.02. The van der Waals surface area contributed by atoms with Crippen LogP contribution in [-0.2, 0) is 0 Å². The van der Waals surface area contributed by atoms with E-state index in [2.05, 4.69) is 9.88 Å². The van der Waals surface area contributed by atoms with Crippen LogP contribution in [-0.4, -0.2) is 37.1 Å². The van der Waals surface area contributed by atoms with Gasteiger partial charge in [0.2, 0.25) is 0 Å². The molecule has 0 amide bonds. The van der Waals surface area contributed by atoms with Crippen molar-refractivity contribution in [3.8, 4) is 5.75 Å². The average Bonchev–Trinajstić information content (AvgIpc) is 2.32. The van der Waals surface area contributed by atoms with E-state index in [0.29, 0.717) is 12.3 Å². The van der Waals surface area contributed by atoms with Gasteiger partial charge < -0.3 is 15.4 Å². The highest BCUT2D eigenvalue weighted by Gasteiger charge is 2.05. The summed E-state index contributed by atoms with van der Waals surface area (Å²) < 4.78 is 5.66. The Morgan fingerprint density at radius 1 is 1.29 bits per heavy atom. The zero-order valence-electron chi connectivity index (χ0n) is 10.2. The number of benzene rings is 1. The Kier molecular flexibility index (Phi) is 3.44. The van der Waals surface area contributed by atoms with E-state index in [4.69, 9.17) is 10.5 Å². The largest absolute Gasteiger partial charge is 0.490 e. The first-order valence-electron chi connectivity index (χ1n) is 5.59. The Balaban J connectivity index is 2.21. The van der Waals surface area contributed by atoms with Gasteiger partial charge in [0.05, 0.1) is 11.2 Å². The summed E-state index contributed by atoms with van der Waals surface area (Å²) in [5.41, 5.74) is 7.61. The van der Waals surface area contributed by atoms with E-state index in [9.17, 15) is 0 Å². The summed E-state index contributed by atoms with van der Waals surface area (Å²) in [5, 5.41) is 0.940. The molecule has 90 valence electrons. The van der Waals surface area contributed by atoms with Crippen LogP contribution in [0.15, 0.2) is 30.5 Å². The fourth-order valence-corrected chi connectivity index (χ4v) is 1.62. The minimum atomic E-state index is 0.628. The van der Waals surface area contributed by atoms with Crippen molar-refractivity contribution in [3.05, 3.63) is 30.5 Å². The van der Waals surface area contributed by atoms with Gasteiger partial charge in [-0.2, -0.15) is 0 Å². The van der Waals surface area contributed by atoms with Crippen LogP contribution in [0.3, 0.4) is 0 Å². The number of aromatic nitrogens is 1. The molecule has 0 saturated heterocycles. The van der Waals surface area contributed by atoms with Crippen molar-refractivity contribution in [1.29, 1.82) is 0 Å². The molecular formula is C13H17N3O. The molecule has 0 spiro atoms. The lowest BCUT2D eigenvalue weighted by Crippen LogP contribution is -2.19. The first kappa shape index (κ1) is 11.7. The van der Waals surface area contributed by atoms with Gasteiger partial charge in [0, 0.05) is 18.1 Å². The maximum Gasteiger partial charge on any atom is 0.143 e. The molecule has 0 aliphatic heterocycles. The molecule has 0 aliphatic carbocycles. The molecule has 4 nitrogen and oxygen atoms in total. The lowest BCUT2D eigenvalue weighted by atomic mass is 10.1. The first-order chi connectivity index (χ1) is 8.18. The molecule has 2 N–H and O–H groups in total. The molecule has 4 heteroatoms. The van der Waals surface area contributed by atoms with Crippen molar-refractivity contribution in [2.24, 2.45) is 0 Å². The molecular weight excluding hydrogens is 214 g/mol. The lowest BCUT2D eigenvalue weighted by Gasteiger charge is -2.13. The van der Waals surface area contributed by atoms with E-state index in [1.807, 2.05) is 38.4 Å². The zero-order chi connectivity index (χ0) is 12.3. The van der Waals surface area contributed by atoms with Crippen LogP contribution in [0.5, 0.6) is 5.75 Å². The zero-order valence-corrected chi connectivity index (χ0v) is 10.2. The molecule has 0 aliphatic rings. The van der Waals surface area contributed by atoms with Crippen molar-refractivity contribution in [1.82, 2.24) is 9.88 Å². The number of hydrogen-bond acceptors (Lipinski definition) is 4. The predicted octanol–water partition coefficient (Wildman–Crippen LogP) is 1.76. The third kappa shape index (κ3) is 2.65. The Morgan fingerprint density at radius 2 is 2.12 bits per heavy atom. The van der Waals surface area contributed by atoms with E-state index < -0.39 is 0 Å². The molecule has 1 aromatic carbocycles. The van der Waals surface area contributed by atoms with Gasteiger partial charge in [-0.15, -0.1) is 0 Å². The van der Waals surface area contributed by atoms with Crippen LogP contribution >= 0.6 is 0 Å². The van der Waals surface area contributed by atoms with E-state index >= 15 is 0 Å². The van der Waals surface area contributed by atoms with Gasteiger partial charge in [0.25, 0.3) is 0 Å². The number of likely N-dealkylation sites (N-methyl/N-ethyl adjacent to an activating group) is 1. The number of hydrogen-bond donors (Lipinski definition) is 1. The average molecular weight is 231 g/mol. The van der Waals surface area contributed by atoms with Gasteiger partial charge in [-0.05, 0) is 38.4 Å². The highest BCUT2D eigenvalue weighted by molar-refractivity contribution is 5.93. The van der Waals surface area contributed by atoms with E-state index in [-0.39, 0.29) is 0 Å². The molecule has 2 aromatic rings. The third-order valence-electron chi connectivity index (χ3n) is 2.58. The number of ether oxygens (including phenoxy) is 1. The number of nitrogens with two attached hydrogens (primary N) is 1. The van der Waals surface area contributed by atoms with Gasteiger partial charge in [-0.1, -0.05) is 0 Å². The summed E-state index contributed by atoms with van der Waals surface area (Å²) >= 11 is 0. The van der Waals surface area contributed by atoms with Crippen LogP contribution in [0, 0.1) is 0 Å². The molecule has 0 radical (unpaired) electrons. The number of anilines is 1.